The van der Waals surface area contributed by atoms with Gasteiger partial charge in [-0.25, -0.2) is 4.98 Å². The van der Waals surface area contributed by atoms with Gasteiger partial charge in [-0.2, -0.15) is 5.10 Å². The smallest absolute Gasteiger partial charge is 0.137 e. The summed E-state index contributed by atoms with van der Waals surface area (Å²) in [5.74, 6) is 0.610. The van der Waals surface area contributed by atoms with E-state index in [0.717, 1.165) is 6.54 Å². The normalized spacial score (nSPS) is 13.7. The second kappa shape index (κ2) is 4.21. The van der Waals surface area contributed by atoms with Gasteiger partial charge in [0, 0.05) is 6.04 Å². The number of nitrogens with one attached hydrogen (secondary N) is 1. The Bertz CT molecular complexity index is 205. The van der Waals surface area contributed by atoms with Crippen molar-refractivity contribution < 1.29 is 0 Å². The first-order chi connectivity index (χ1) is 5.74. The van der Waals surface area contributed by atoms with E-state index in [2.05, 4.69) is 29.2 Å². The van der Waals surface area contributed by atoms with Gasteiger partial charge in [-0.15, -0.1) is 0 Å². The summed E-state index contributed by atoms with van der Waals surface area (Å²) in [4.78, 5) is 3.89. The average Bonchev–Trinajstić information content (AvgIpc) is 2.51. The highest BCUT2D eigenvalue weighted by Crippen LogP contribution is 2.02. The molecule has 1 unspecified atom stereocenters. The lowest BCUT2D eigenvalue weighted by atomic mass is 10.1. The van der Waals surface area contributed by atoms with Crippen LogP contribution in [0.25, 0.3) is 0 Å². The van der Waals surface area contributed by atoms with Crippen LogP contribution in [0.2, 0.25) is 0 Å². The Morgan fingerprint density at radius 2 is 2.25 bits per heavy atom. The summed E-state index contributed by atoms with van der Waals surface area (Å²) >= 11 is 0. The molecule has 0 aliphatic rings. The summed E-state index contributed by atoms with van der Waals surface area (Å²) in [6, 6.07) is 0.465. The molecule has 12 heavy (non-hydrogen) atoms. The maximum absolute atomic E-state index is 4.05. The summed E-state index contributed by atoms with van der Waals surface area (Å²) in [7, 11) is 1.97. The molecule has 0 aromatic carbocycles. The standard InChI is InChI=1S/C8H16N4/c1-7(2)8(9-3)4-12-6-10-5-11-12/h5-9H,4H2,1-3H3. The Kier molecular flexibility index (Phi) is 3.22. The highest BCUT2D eigenvalue weighted by molar-refractivity contribution is 4.69. The first-order valence-electron chi connectivity index (χ1n) is 4.23. The number of hydrogen-bond donors (Lipinski definition) is 1. The van der Waals surface area contributed by atoms with Crippen molar-refractivity contribution in [3.05, 3.63) is 12.7 Å². The molecule has 0 amide bonds. The molecule has 0 spiro atoms. The predicted octanol–water partition coefficient (Wildman–Crippen LogP) is 0.522. The van der Waals surface area contributed by atoms with Crippen LogP contribution in [0.5, 0.6) is 0 Å². The Hall–Kier alpha value is -0.900. The summed E-state index contributed by atoms with van der Waals surface area (Å²) in [5.41, 5.74) is 0. The van der Waals surface area contributed by atoms with E-state index < -0.39 is 0 Å². The zero-order chi connectivity index (χ0) is 8.97. The van der Waals surface area contributed by atoms with Crippen LogP contribution in [0.15, 0.2) is 12.7 Å². The van der Waals surface area contributed by atoms with E-state index in [0.29, 0.717) is 12.0 Å². The number of nitrogens with zero attached hydrogens (tertiary/aromatic N) is 3. The maximum atomic E-state index is 4.05. The number of aromatic nitrogens is 3. The summed E-state index contributed by atoms with van der Waals surface area (Å²) < 4.78 is 1.85. The first kappa shape index (κ1) is 9.19. The van der Waals surface area contributed by atoms with E-state index in [4.69, 9.17) is 0 Å². The molecule has 1 aromatic rings. The Morgan fingerprint density at radius 3 is 2.67 bits per heavy atom. The Labute approximate surface area is 73.0 Å². The predicted molar refractivity (Wildman–Crippen MR) is 47.7 cm³/mol. The summed E-state index contributed by atoms with van der Waals surface area (Å²) in [6.07, 6.45) is 3.31. The average molecular weight is 168 g/mol. The van der Waals surface area contributed by atoms with E-state index >= 15 is 0 Å². The van der Waals surface area contributed by atoms with Crippen molar-refractivity contribution >= 4 is 0 Å². The van der Waals surface area contributed by atoms with Gasteiger partial charge >= 0.3 is 0 Å². The van der Waals surface area contributed by atoms with Crippen molar-refractivity contribution in [2.24, 2.45) is 5.92 Å². The monoisotopic (exact) mass is 168 g/mol. The van der Waals surface area contributed by atoms with Gasteiger partial charge in [-0.3, -0.25) is 4.68 Å². The van der Waals surface area contributed by atoms with Gasteiger partial charge in [0.2, 0.25) is 0 Å². The Morgan fingerprint density at radius 1 is 1.50 bits per heavy atom. The molecule has 0 bridgehead atoms. The fourth-order valence-electron chi connectivity index (χ4n) is 1.16. The summed E-state index contributed by atoms with van der Waals surface area (Å²) in [5, 5.41) is 7.30. The second-order valence-corrected chi connectivity index (χ2v) is 3.26. The quantitative estimate of drug-likeness (QED) is 0.712. The lowest BCUT2D eigenvalue weighted by molar-refractivity contribution is 0.362. The molecule has 0 saturated heterocycles. The molecule has 1 aromatic heterocycles. The number of rotatable bonds is 4. The van der Waals surface area contributed by atoms with Crippen LogP contribution in [-0.4, -0.2) is 27.9 Å². The molecule has 0 saturated carbocycles. The minimum atomic E-state index is 0.465. The maximum Gasteiger partial charge on any atom is 0.137 e. The molecule has 4 nitrogen and oxygen atoms in total. The van der Waals surface area contributed by atoms with Crippen LogP contribution in [0.1, 0.15) is 13.8 Å². The molecule has 4 heteroatoms. The SMILES string of the molecule is CNC(Cn1cncn1)C(C)C. The van der Waals surface area contributed by atoms with Crippen LogP contribution in [0.4, 0.5) is 0 Å². The van der Waals surface area contributed by atoms with Crippen LogP contribution >= 0.6 is 0 Å². The van der Waals surface area contributed by atoms with E-state index in [1.165, 1.54) is 0 Å². The second-order valence-electron chi connectivity index (χ2n) is 3.26. The van der Waals surface area contributed by atoms with Crippen molar-refractivity contribution in [2.75, 3.05) is 7.05 Å². The van der Waals surface area contributed by atoms with Crippen molar-refractivity contribution in [1.82, 2.24) is 20.1 Å². The highest BCUT2D eigenvalue weighted by Gasteiger charge is 2.10. The third-order valence-electron chi connectivity index (χ3n) is 2.03. The van der Waals surface area contributed by atoms with Gasteiger partial charge in [0.1, 0.15) is 12.7 Å². The number of likely N-dealkylation sites (N-methyl/N-ethyl adjacent to an activating group) is 1. The molecule has 0 aliphatic heterocycles. The lowest BCUT2D eigenvalue weighted by Crippen LogP contribution is -2.35. The molecule has 0 aliphatic carbocycles. The molecule has 68 valence electrons. The van der Waals surface area contributed by atoms with E-state index in [1.54, 1.807) is 12.7 Å². The van der Waals surface area contributed by atoms with Crippen LogP contribution in [0.3, 0.4) is 0 Å². The van der Waals surface area contributed by atoms with Crippen molar-refractivity contribution in [3.8, 4) is 0 Å². The minimum absolute atomic E-state index is 0.465. The molecule has 1 atom stereocenters. The van der Waals surface area contributed by atoms with Gasteiger partial charge in [-0.1, -0.05) is 13.8 Å². The van der Waals surface area contributed by atoms with Gasteiger partial charge in [0.15, 0.2) is 0 Å². The van der Waals surface area contributed by atoms with Gasteiger partial charge < -0.3 is 5.32 Å². The molecule has 0 fully saturated rings. The molecular formula is C8H16N4. The molecule has 1 heterocycles. The van der Waals surface area contributed by atoms with Crippen molar-refractivity contribution in [2.45, 2.75) is 26.4 Å². The van der Waals surface area contributed by atoms with E-state index in [-0.39, 0.29) is 0 Å². The lowest BCUT2D eigenvalue weighted by Gasteiger charge is -2.19. The minimum Gasteiger partial charge on any atom is -0.315 e. The van der Waals surface area contributed by atoms with Crippen LogP contribution < -0.4 is 5.32 Å². The largest absolute Gasteiger partial charge is 0.315 e. The third kappa shape index (κ3) is 2.30. The fourth-order valence-corrected chi connectivity index (χ4v) is 1.16. The molecular weight excluding hydrogens is 152 g/mol. The van der Waals surface area contributed by atoms with Crippen molar-refractivity contribution in [3.63, 3.8) is 0 Å². The Balaban J connectivity index is 2.48. The van der Waals surface area contributed by atoms with E-state index in [1.807, 2.05) is 11.7 Å². The van der Waals surface area contributed by atoms with E-state index in [9.17, 15) is 0 Å². The van der Waals surface area contributed by atoms with Gasteiger partial charge in [0.25, 0.3) is 0 Å². The molecule has 1 N–H and O–H groups in total. The zero-order valence-corrected chi connectivity index (χ0v) is 7.86. The molecule has 1 rings (SSSR count). The topological polar surface area (TPSA) is 42.7 Å². The van der Waals surface area contributed by atoms with Crippen LogP contribution in [0, 0.1) is 5.92 Å². The van der Waals surface area contributed by atoms with Crippen LogP contribution in [-0.2, 0) is 6.54 Å². The van der Waals surface area contributed by atoms with Gasteiger partial charge in [0.05, 0.1) is 6.54 Å². The zero-order valence-electron chi connectivity index (χ0n) is 7.86. The highest BCUT2D eigenvalue weighted by atomic mass is 15.3. The van der Waals surface area contributed by atoms with Crippen molar-refractivity contribution in [1.29, 1.82) is 0 Å². The van der Waals surface area contributed by atoms with Gasteiger partial charge in [-0.05, 0) is 13.0 Å². The third-order valence-corrected chi connectivity index (χ3v) is 2.03. The fraction of sp³-hybridized carbons (Fsp3) is 0.750. The summed E-state index contributed by atoms with van der Waals surface area (Å²) in [6.45, 7) is 5.27. The first-order valence-corrected chi connectivity index (χ1v) is 4.23. The molecule has 0 radical (unpaired) electrons. The number of hydrogen-bond acceptors (Lipinski definition) is 3.